The Hall–Kier alpha value is -1.14. The van der Waals surface area contributed by atoms with E-state index in [0.717, 1.165) is 37.5 Å². The molecule has 0 heterocycles. The smallest absolute Gasteiger partial charge is 0.261 e. The fourth-order valence-corrected chi connectivity index (χ4v) is 2.82. The zero-order chi connectivity index (χ0) is 14.9. The number of halogens is 2. The van der Waals surface area contributed by atoms with E-state index in [1.165, 1.54) is 0 Å². The Labute approximate surface area is 121 Å². The highest BCUT2D eigenvalue weighted by molar-refractivity contribution is 8.13. The Bertz CT molecular complexity index is 629. The summed E-state index contributed by atoms with van der Waals surface area (Å²) in [4.78, 5) is 11.7. The van der Waals surface area contributed by atoms with Crippen molar-refractivity contribution < 1.29 is 17.6 Å². The van der Waals surface area contributed by atoms with Gasteiger partial charge in [-0.3, -0.25) is 4.79 Å². The van der Waals surface area contributed by atoms with Crippen LogP contribution in [-0.4, -0.2) is 20.4 Å². The molecular formula is C13H15ClFNO3S. The molecule has 1 saturated carbocycles. The maximum atomic E-state index is 13.6. The van der Waals surface area contributed by atoms with E-state index in [1.54, 1.807) is 0 Å². The van der Waals surface area contributed by atoms with Gasteiger partial charge in [0.2, 0.25) is 0 Å². The number of benzene rings is 1. The van der Waals surface area contributed by atoms with Gasteiger partial charge in [0.15, 0.2) is 0 Å². The van der Waals surface area contributed by atoms with Gasteiger partial charge in [-0.2, -0.15) is 0 Å². The van der Waals surface area contributed by atoms with Crippen molar-refractivity contribution >= 4 is 25.6 Å². The molecule has 0 aromatic heterocycles. The summed E-state index contributed by atoms with van der Waals surface area (Å²) in [6, 6.07) is 2.83. The number of amides is 1. The predicted octanol–water partition coefficient (Wildman–Crippen LogP) is 2.67. The lowest BCUT2D eigenvalue weighted by atomic mass is 10.1. The van der Waals surface area contributed by atoms with Crippen molar-refractivity contribution in [1.29, 1.82) is 0 Å². The van der Waals surface area contributed by atoms with E-state index in [9.17, 15) is 17.6 Å². The predicted molar refractivity (Wildman–Crippen MR) is 73.7 cm³/mol. The highest BCUT2D eigenvalue weighted by Crippen LogP contribution is 2.33. The van der Waals surface area contributed by atoms with E-state index in [2.05, 4.69) is 5.32 Å². The quantitative estimate of drug-likeness (QED) is 0.849. The summed E-state index contributed by atoms with van der Waals surface area (Å²) in [5, 5.41) is 2.67. The van der Waals surface area contributed by atoms with Crippen molar-refractivity contribution in [3.8, 4) is 0 Å². The van der Waals surface area contributed by atoms with Crippen molar-refractivity contribution in [3.05, 3.63) is 29.6 Å². The third-order valence-corrected chi connectivity index (χ3v) is 4.58. The SMILES string of the molecule is CC(CC1CC1)NC(=O)c1cc(S(=O)(=O)Cl)ccc1F. The van der Waals surface area contributed by atoms with Crippen LogP contribution in [0, 0.1) is 11.7 Å². The van der Waals surface area contributed by atoms with E-state index in [4.69, 9.17) is 10.7 Å². The van der Waals surface area contributed by atoms with Crippen LogP contribution < -0.4 is 5.32 Å². The molecule has 0 bridgehead atoms. The Morgan fingerprint density at radius 2 is 2.15 bits per heavy atom. The van der Waals surface area contributed by atoms with Crippen LogP contribution in [0.5, 0.6) is 0 Å². The topological polar surface area (TPSA) is 63.2 Å². The van der Waals surface area contributed by atoms with Crippen molar-refractivity contribution in [2.75, 3.05) is 0 Å². The number of nitrogens with one attached hydrogen (secondary N) is 1. The Morgan fingerprint density at radius 1 is 1.50 bits per heavy atom. The minimum absolute atomic E-state index is 0.0781. The lowest BCUT2D eigenvalue weighted by Crippen LogP contribution is -2.33. The van der Waals surface area contributed by atoms with Gasteiger partial charge >= 0.3 is 0 Å². The summed E-state index contributed by atoms with van der Waals surface area (Å²) in [6.07, 6.45) is 3.17. The molecule has 1 aromatic carbocycles. The van der Waals surface area contributed by atoms with E-state index in [-0.39, 0.29) is 16.5 Å². The van der Waals surface area contributed by atoms with Crippen LogP contribution in [0.25, 0.3) is 0 Å². The third-order valence-electron chi connectivity index (χ3n) is 3.23. The molecule has 1 aliphatic carbocycles. The van der Waals surface area contributed by atoms with Gasteiger partial charge in [-0.15, -0.1) is 0 Å². The minimum atomic E-state index is -3.99. The second-order valence-electron chi connectivity index (χ2n) is 5.13. The van der Waals surface area contributed by atoms with Crippen LogP contribution in [-0.2, 0) is 9.05 Å². The molecular weight excluding hydrogens is 305 g/mol. The van der Waals surface area contributed by atoms with E-state index in [0.29, 0.717) is 5.92 Å². The van der Waals surface area contributed by atoms with E-state index in [1.807, 2.05) is 6.92 Å². The number of hydrogen-bond acceptors (Lipinski definition) is 3. The first-order chi connectivity index (χ1) is 9.27. The Morgan fingerprint density at radius 3 is 2.70 bits per heavy atom. The molecule has 4 nitrogen and oxygen atoms in total. The fraction of sp³-hybridized carbons (Fsp3) is 0.462. The van der Waals surface area contributed by atoms with Gasteiger partial charge in [0.05, 0.1) is 10.5 Å². The molecule has 0 radical (unpaired) electrons. The molecule has 7 heteroatoms. The standard InChI is InChI=1S/C13H15ClFNO3S/c1-8(6-9-2-3-9)16-13(17)11-7-10(20(14,18)19)4-5-12(11)15/h4-5,7-9H,2-3,6H2,1H3,(H,16,17). The molecule has 1 N–H and O–H groups in total. The van der Waals surface area contributed by atoms with E-state index < -0.39 is 20.8 Å². The molecule has 1 fully saturated rings. The number of carbonyl (C=O) groups is 1. The summed E-state index contributed by atoms with van der Waals surface area (Å²) in [7, 11) is 1.20. The van der Waals surface area contributed by atoms with Crippen LogP contribution in [0.15, 0.2) is 23.1 Å². The maximum Gasteiger partial charge on any atom is 0.261 e. The molecule has 0 spiro atoms. The highest BCUT2D eigenvalue weighted by Gasteiger charge is 2.25. The monoisotopic (exact) mass is 319 g/mol. The van der Waals surface area contributed by atoms with Crippen LogP contribution >= 0.6 is 10.7 Å². The Balaban J connectivity index is 2.15. The van der Waals surface area contributed by atoms with Gasteiger partial charge < -0.3 is 5.32 Å². The first-order valence-electron chi connectivity index (χ1n) is 6.32. The van der Waals surface area contributed by atoms with Crippen molar-refractivity contribution in [2.45, 2.75) is 37.1 Å². The molecule has 1 amide bonds. The Kier molecular flexibility index (Phi) is 4.34. The molecule has 0 aliphatic heterocycles. The molecule has 2 rings (SSSR count). The molecule has 1 aromatic rings. The fourth-order valence-electron chi connectivity index (χ4n) is 2.04. The number of carbonyl (C=O) groups excluding carboxylic acids is 1. The van der Waals surface area contributed by atoms with Gasteiger partial charge in [0.1, 0.15) is 5.82 Å². The minimum Gasteiger partial charge on any atom is -0.349 e. The van der Waals surface area contributed by atoms with Crippen molar-refractivity contribution in [2.24, 2.45) is 5.92 Å². The number of hydrogen-bond donors (Lipinski definition) is 1. The molecule has 110 valence electrons. The van der Waals surface area contributed by atoms with Gasteiger partial charge in [-0.05, 0) is 37.5 Å². The summed E-state index contributed by atoms with van der Waals surface area (Å²) < 4.78 is 36.0. The summed E-state index contributed by atoms with van der Waals surface area (Å²) in [6.45, 7) is 1.84. The zero-order valence-corrected chi connectivity index (χ0v) is 12.5. The second-order valence-corrected chi connectivity index (χ2v) is 7.70. The zero-order valence-electron chi connectivity index (χ0n) is 10.9. The highest BCUT2D eigenvalue weighted by atomic mass is 35.7. The van der Waals surface area contributed by atoms with Crippen LogP contribution in [0.2, 0.25) is 0 Å². The van der Waals surface area contributed by atoms with Crippen LogP contribution in [0.1, 0.15) is 36.5 Å². The van der Waals surface area contributed by atoms with Gasteiger partial charge in [0, 0.05) is 16.7 Å². The van der Waals surface area contributed by atoms with Gasteiger partial charge in [-0.1, -0.05) is 12.8 Å². The van der Waals surface area contributed by atoms with E-state index >= 15 is 0 Å². The number of rotatable bonds is 5. The molecule has 0 saturated heterocycles. The van der Waals surface area contributed by atoms with Crippen LogP contribution in [0.3, 0.4) is 0 Å². The third kappa shape index (κ3) is 3.93. The largest absolute Gasteiger partial charge is 0.349 e. The summed E-state index contributed by atoms with van der Waals surface area (Å²) >= 11 is 0. The summed E-state index contributed by atoms with van der Waals surface area (Å²) in [5.74, 6) is -0.771. The molecule has 1 atom stereocenters. The lowest BCUT2D eigenvalue weighted by Gasteiger charge is -2.14. The average molecular weight is 320 g/mol. The summed E-state index contributed by atoms with van der Waals surface area (Å²) in [5.41, 5.74) is -0.311. The first-order valence-corrected chi connectivity index (χ1v) is 8.63. The maximum absolute atomic E-state index is 13.6. The first kappa shape index (κ1) is 15.3. The molecule has 1 unspecified atom stereocenters. The van der Waals surface area contributed by atoms with Gasteiger partial charge in [-0.25, -0.2) is 12.8 Å². The molecule has 1 aliphatic rings. The van der Waals surface area contributed by atoms with Crippen LogP contribution in [0.4, 0.5) is 4.39 Å². The molecule has 20 heavy (non-hydrogen) atoms. The normalized spacial score (nSPS) is 16.8. The van der Waals surface area contributed by atoms with Crippen molar-refractivity contribution in [1.82, 2.24) is 5.32 Å². The second kappa shape index (κ2) is 5.69. The lowest BCUT2D eigenvalue weighted by molar-refractivity contribution is 0.0933. The van der Waals surface area contributed by atoms with Crippen molar-refractivity contribution in [3.63, 3.8) is 0 Å². The van der Waals surface area contributed by atoms with Gasteiger partial charge in [0.25, 0.3) is 15.0 Å². The average Bonchev–Trinajstić information content (AvgIpc) is 3.11.